The average Bonchev–Trinajstić information content (AvgIpc) is 3.07. The largest absolute Gasteiger partial charge is 0.493 e. The SMILES string of the molecule is CCCCCCCCCCCCCCCCCCOc1cc(CCO)cc(OCCCCCCCCCCCCCCCCCC)c1. The van der Waals surface area contributed by atoms with Gasteiger partial charge in [-0.2, -0.15) is 0 Å². The van der Waals surface area contributed by atoms with Gasteiger partial charge in [0.25, 0.3) is 0 Å². The molecule has 0 fully saturated rings. The molecule has 0 heterocycles. The van der Waals surface area contributed by atoms with Crippen molar-refractivity contribution >= 4 is 0 Å². The molecule has 0 saturated carbocycles. The molecule has 276 valence electrons. The summed E-state index contributed by atoms with van der Waals surface area (Å²) in [6.07, 6.45) is 44.9. The lowest BCUT2D eigenvalue weighted by Gasteiger charge is -2.12. The molecule has 0 aliphatic rings. The molecule has 1 rings (SSSR count). The van der Waals surface area contributed by atoms with Gasteiger partial charge in [-0.25, -0.2) is 0 Å². The van der Waals surface area contributed by atoms with Gasteiger partial charge in [0, 0.05) is 12.7 Å². The number of aliphatic hydroxyl groups is 1. The minimum absolute atomic E-state index is 0.154. The molecule has 1 N–H and O–H groups in total. The van der Waals surface area contributed by atoms with E-state index in [0.717, 1.165) is 43.1 Å². The zero-order valence-corrected chi connectivity index (χ0v) is 32.0. The predicted octanol–water partition coefficient (Wildman–Crippen LogP) is 14.5. The summed E-state index contributed by atoms with van der Waals surface area (Å²) in [6.45, 7) is 6.27. The van der Waals surface area contributed by atoms with Crippen LogP contribution in [0.4, 0.5) is 0 Å². The van der Waals surface area contributed by atoms with Gasteiger partial charge in [-0.1, -0.05) is 206 Å². The normalized spacial score (nSPS) is 11.4. The Hall–Kier alpha value is -1.22. The van der Waals surface area contributed by atoms with Crippen LogP contribution in [-0.2, 0) is 6.42 Å². The van der Waals surface area contributed by atoms with Crippen LogP contribution in [0.25, 0.3) is 0 Å². The van der Waals surface area contributed by atoms with E-state index in [-0.39, 0.29) is 6.61 Å². The van der Waals surface area contributed by atoms with Crippen molar-refractivity contribution in [2.24, 2.45) is 0 Å². The lowest BCUT2D eigenvalue weighted by Crippen LogP contribution is -2.02. The first kappa shape index (κ1) is 43.8. The highest BCUT2D eigenvalue weighted by Gasteiger charge is 2.05. The molecule has 47 heavy (non-hydrogen) atoms. The highest BCUT2D eigenvalue weighted by atomic mass is 16.5. The Morgan fingerprint density at radius 2 is 0.617 bits per heavy atom. The van der Waals surface area contributed by atoms with Crippen molar-refractivity contribution in [1.29, 1.82) is 0 Å². The third kappa shape index (κ3) is 30.6. The second kappa shape index (κ2) is 36.1. The Morgan fingerprint density at radius 1 is 0.362 bits per heavy atom. The van der Waals surface area contributed by atoms with Crippen LogP contribution in [0, 0.1) is 0 Å². The zero-order valence-electron chi connectivity index (χ0n) is 32.0. The Balaban J connectivity index is 2.00. The van der Waals surface area contributed by atoms with Crippen molar-refractivity contribution < 1.29 is 14.6 Å². The molecule has 3 nitrogen and oxygen atoms in total. The molecule has 3 heteroatoms. The van der Waals surface area contributed by atoms with Crippen LogP contribution >= 0.6 is 0 Å². The Bertz CT molecular complexity index is 691. The van der Waals surface area contributed by atoms with Crippen LogP contribution in [0.2, 0.25) is 0 Å². The van der Waals surface area contributed by atoms with Gasteiger partial charge < -0.3 is 14.6 Å². The Labute approximate surface area is 294 Å². The molecule has 0 aromatic heterocycles. The van der Waals surface area contributed by atoms with Crippen molar-refractivity contribution in [3.8, 4) is 11.5 Å². The van der Waals surface area contributed by atoms with Gasteiger partial charge in [-0.3, -0.25) is 0 Å². The maximum absolute atomic E-state index is 9.48. The first-order valence-electron chi connectivity index (χ1n) is 21.3. The van der Waals surface area contributed by atoms with E-state index >= 15 is 0 Å². The third-order valence-corrected chi connectivity index (χ3v) is 9.87. The van der Waals surface area contributed by atoms with E-state index < -0.39 is 0 Å². The highest BCUT2D eigenvalue weighted by Crippen LogP contribution is 2.24. The summed E-state index contributed by atoms with van der Waals surface area (Å²) in [7, 11) is 0. The predicted molar refractivity (Wildman–Crippen MR) is 207 cm³/mol. The van der Waals surface area contributed by atoms with Crippen LogP contribution in [0.5, 0.6) is 11.5 Å². The number of benzene rings is 1. The van der Waals surface area contributed by atoms with Crippen LogP contribution in [-0.4, -0.2) is 24.9 Å². The van der Waals surface area contributed by atoms with Crippen molar-refractivity contribution in [3.05, 3.63) is 23.8 Å². The standard InChI is InChI=1S/C44H82O3/c1-3-5-7-9-11-13-15-17-19-21-23-25-27-29-31-33-37-46-43-39-42(35-36-45)40-44(41-43)47-38-34-32-30-28-26-24-22-20-18-16-14-12-10-8-6-4-2/h39-41,45H,3-38H2,1-2H3. The smallest absolute Gasteiger partial charge is 0.123 e. The van der Waals surface area contributed by atoms with E-state index in [4.69, 9.17) is 9.47 Å². The van der Waals surface area contributed by atoms with E-state index in [1.54, 1.807) is 0 Å². The van der Waals surface area contributed by atoms with Crippen LogP contribution < -0.4 is 9.47 Å². The number of hydrogen-bond acceptors (Lipinski definition) is 3. The fourth-order valence-electron chi connectivity index (χ4n) is 6.75. The van der Waals surface area contributed by atoms with Crippen molar-refractivity contribution in [2.45, 2.75) is 226 Å². The lowest BCUT2D eigenvalue weighted by atomic mass is 10.0. The van der Waals surface area contributed by atoms with E-state index in [2.05, 4.69) is 26.0 Å². The lowest BCUT2D eigenvalue weighted by molar-refractivity contribution is 0.286. The molecule has 0 atom stereocenters. The number of ether oxygens (including phenoxy) is 2. The molecule has 0 amide bonds. The van der Waals surface area contributed by atoms with Crippen molar-refractivity contribution in [1.82, 2.24) is 0 Å². The van der Waals surface area contributed by atoms with Crippen molar-refractivity contribution in [2.75, 3.05) is 19.8 Å². The molecule has 0 unspecified atom stereocenters. The number of hydrogen-bond donors (Lipinski definition) is 1. The van der Waals surface area contributed by atoms with Crippen LogP contribution in [0.1, 0.15) is 225 Å². The van der Waals surface area contributed by atoms with Gasteiger partial charge in [0.1, 0.15) is 11.5 Å². The fraction of sp³-hybridized carbons (Fsp3) is 0.864. The first-order valence-corrected chi connectivity index (χ1v) is 21.3. The second-order valence-electron chi connectivity index (χ2n) is 14.6. The fourth-order valence-corrected chi connectivity index (χ4v) is 6.75. The summed E-state index contributed by atoms with van der Waals surface area (Å²) in [5.74, 6) is 1.78. The Kier molecular flexibility index (Phi) is 33.6. The summed E-state index contributed by atoms with van der Waals surface area (Å²) < 4.78 is 12.3. The van der Waals surface area contributed by atoms with Gasteiger partial charge in [0.05, 0.1) is 13.2 Å². The minimum atomic E-state index is 0.154. The van der Waals surface area contributed by atoms with Gasteiger partial charge >= 0.3 is 0 Å². The summed E-state index contributed by atoms with van der Waals surface area (Å²) in [6, 6.07) is 6.19. The first-order chi connectivity index (χ1) is 23.3. The molecular formula is C44H82O3. The number of unbranched alkanes of at least 4 members (excludes halogenated alkanes) is 30. The van der Waals surface area contributed by atoms with Crippen molar-refractivity contribution in [3.63, 3.8) is 0 Å². The summed E-state index contributed by atoms with van der Waals surface area (Å²) in [4.78, 5) is 0. The highest BCUT2D eigenvalue weighted by molar-refractivity contribution is 5.38. The molecule has 0 saturated heterocycles. The molecule has 1 aromatic carbocycles. The molecule has 1 aromatic rings. The van der Waals surface area contributed by atoms with Gasteiger partial charge in [0.2, 0.25) is 0 Å². The average molecular weight is 659 g/mol. The minimum Gasteiger partial charge on any atom is -0.493 e. The van der Waals surface area contributed by atoms with E-state index in [0.29, 0.717) is 6.42 Å². The van der Waals surface area contributed by atoms with E-state index in [9.17, 15) is 5.11 Å². The third-order valence-electron chi connectivity index (χ3n) is 9.87. The Morgan fingerprint density at radius 3 is 0.872 bits per heavy atom. The summed E-state index contributed by atoms with van der Waals surface area (Å²) in [5.41, 5.74) is 1.10. The molecule has 0 bridgehead atoms. The monoisotopic (exact) mass is 659 g/mol. The number of rotatable bonds is 38. The van der Waals surface area contributed by atoms with E-state index in [1.165, 1.54) is 193 Å². The number of aliphatic hydroxyl groups excluding tert-OH is 1. The van der Waals surface area contributed by atoms with Crippen LogP contribution in [0.3, 0.4) is 0 Å². The van der Waals surface area contributed by atoms with Gasteiger partial charge in [0.15, 0.2) is 0 Å². The maximum Gasteiger partial charge on any atom is 0.123 e. The van der Waals surface area contributed by atoms with Gasteiger partial charge in [-0.15, -0.1) is 0 Å². The summed E-state index contributed by atoms with van der Waals surface area (Å²) in [5, 5.41) is 9.48. The second-order valence-corrected chi connectivity index (χ2v) is 14.6. The molecule has 0 spiro atoms. The maximum atomic E-state index is 9.48. The zero-order chi connectivity index (χ0) is 33.7. The molecule has 0 radical (unpaired) electrons. The topological polar surface area (TPSA) is 38.7 Å². The summed E-state index contributed by atoms with van der Waals surface area (Å²) >= 11 is 0. The molecule has 0 aliphatic heterocycles. The molecular weight excluding hydrogens is 576 g/mol. The van der Waals surface area contributed by atoms with Gasteiger partial charge in [-0.05, 0) is 37.0 Å². The quantitative estimate of drug-likeness (QED) is 0.0719. The van der Waals surface area contributed by atoms with Crippen LogP contribution in [0.15, 0.2) is 18.2 Å². The molecule has 0 aliphatic carbocycles. The van der Waals surface area contributed by atoms with E-state index in [1.807, 2.05) is 6.07 Å².